The summed E-state index contributed by atoms with van der Waals surface area (Å²) in [5, 5.41) is 5.81. The van der Waals surface area contributed by atoms with Gasteiger partial charge in [-0.25, -0.2) is 8.42 Å². The van der Waals surface area contributed by atoms with Crippen LogP contribution in [0.4, 0.5) is 5.69 Å². The summed E-state index contributed by atoms with van der Waals surface area (Å²) in [6.07, 6.45) is 1.19. The molecule has 0 aliphatic heterocycles. The number of benzene rings is 2. The molecule has 7 heteroatoms. The minimum atomic E-state index is -3.27. The van der Waals surface area contributed by atoms with E-state index in [9.17, 15) is 13.2 Å². The molecule has 0 aliphatic rings. The molecule has 2 N–H and O–H groups in total. The number of hydrogen-bond donors (Lipinski definition) is 2. The summed E-state index contributed by atoms with van der Waals surface area (Å²) in [5.41, 5.74) is 2.07. The third-order valence-electron chi connectivity index (χ3n) is 3.66. The molecule has 2 aromatic carbocycles. The van der Waals surface area contributed by atoms with Crippen LogP contribution in [-0.4, -0.2) is 27.9 Å². The number of amides is 1. The first-order valence-electron chi connectivity index (χ1n) is 8.26. The number of carbonyl (C=O) groups excluding carboxylic acids is 1. The van der Waals surface area contributed by atoms with Crippen LogP contribution in [-0.2, 0) is 26.1 Å². The molecule has 142 valence electrons. The van der Waals surface area contributed by atoms with Crippen LogP contribution in [0.1, 0.15) is 24.0 Å². The van der Waals surface area contributed by atoms with Crippen LogP contribution in [0.2, 0.25) is 0 Å². The second kappa shape index (κ2) is 11.0. The van der Waals surface area contributed by atoms with E-state index < -0.39 is 9.84 Å². The predicted molar refractivity (Wildman–Crippen MR) is 108 cm³/mol. The summed E-state index contributed by atoms with van der Waals surface area (Å²) >= 11 is 0. The van der Waals surface area contributed by atoms with Crippen LogP contribution in [0.25, 0.3) is 0 Å². The van der Waals surface area contributed by atoms with Crippen LogP contribution in [0.5, 0.6) is 0 Å². The van der Waals surface area contributed by atoms with E-state index in [1.165, 1.54) is 0 Å². The molecule has 26 heavy (non-hydrogen) atoms. The predicted octanol–water partition coefficient (Wildman–Crippen LogP) is 3.16. The van der Waals surface area contributed by atoms with Crippen molar-refractivity contribution < 1.29 is 13.2 Å². The van der Waals surface area contributed by atoms with E-state index in [-0.39, 0.29) is 29.8 Å². The molecule has 2 aromatic rings. The second-order valence-electron chi connectivity index (χ2n) is 5.97. The summed E-state index contributed by atoms with van der Waals surface area (Å²) in [5.74, 6) is -0.112. The lowest BCUT2D eigenvalue weighted by molar-refractivity contribution is -0.116. The van der Waals surface area contributed by atoms with Gasteiger partial charge < -0.3 is 10.6 Å². The number of rotatable bonds is 9. The van der Waals surface area contributed by atoms with Gasteiger partial charge in [-0.05, 0) is 43.3 Å². The van der Waals surface area contributed by atoms with E-state index in [0.29, 0.717) is 17.7 Å². The molecule has 0 saturated heterocycles. The van der Waals surface area contributed by atoms with Crippen molar-refractivity contribution in [2.75, 3.05) is 18.9 Å². The highest BCUT2D eigenvalue weighted by Gasteiger charge is 2.13. The van der Waals surface area contributed by atoms with E-state index in [1.807, 2.05) is 25.2 Å². The largest absolute Gasteiger partial charge is 0.326 e. The summed E-state index contributed by atoms with van der Waals surface area (Å²) in [7, 11) is -1.43. The van der Waals surface area contributed by atoms with Gasteiger partial charge in [0.05, 0.1) is 11.5 Å². The zero-order valence-electron chi connectivity index (χ0n) is 14.8. The van der Waals surface area contributed by atoms with Crippen molar-refractivity contribution >= 4 is 33.8 Å². The first kappa shape index (κ1) is 22.2. The average Bonchev–Trinajstić information content (AvgIpc) is 2.55. The molecule has 0 saturated carbocycles. The van der Waals surface area contributed by atoms with Gasteiger partial charge in [-0.2, -0.15) is 0 Å². The Hall–Kier alpha value is -1.89. The Kier molecular flexibility index (Phi) is 9.34. The summed E-state index contributed by atoms with van der Waals surface area (Å²) < 4.78 is 24.8. The van der Waals surface area contributed by atoms with Crippen molar-refractivity contribution in [1.82, 2.24) is 5.32 Å². The minimum absolute atomic E-state index is 0. The van der Waals surface area contributed by atoms with Gasteiger partial charge >= 0.3 is 0 Å². The topological polar surface area (TPSA) is 75.3 Å². The maximum absolute atomic E-state index is 12.4. The Morgan fingerprint density at radius 2 is 1.62 bits per heavy atom. The SMILES string of the molecule is CNCCCC(=O)Nc1cccc(CS(=O)(=O)Cc2ccccc2)c1.Cl. The quantitative estimate of drug-likeness (QED) is 0.638. The van der Waals surface area contributed by atoms with E-state index in [2.05, 4.69) is 10.6 Å². The highest BCUT2D eigenvalue weighted by atomic mass is 35.5. The summed E-state index contributed by atoms with van der Waals surface area (Å²) in [6, 6.07) is 16.1. The number of halogens is 1. The van der Waals surface area contributed by atoms with Crippen molar-refractivity contribution in [3.05, 3.63) is 65.7 Å². The van der Waals surface area contributed by atoms with Gasteiger partial charge in [-0.15, -0.1) is 12.4 Å². The van der Waals surface area contributed by atoms with Crippen LogP contribution in [0.15, 0.2) is 54.6 Å². The molecular weight excluding hydrogens is 372 g/mol. The van der Waals surface area contributed by atoms with Gasteiger partial charge in [-0.1, -0.05) is 42.5 Å². The molecule has 0 aliphatic carbocycles. The van der Waals surface area contributed by atoms with E-state index in [0.717, 1.165) is 18.5 Å². The lowest BCUT2D eigenvalue weighted by Crippen LogP contribution is -2.15. The standard InChI is InChI=1S/C19H24N2O3S.ClH/c1-20-12-6-11-19(22)21-18-10-5-9-17(13-18)15-25(23,24)14-16-7-3-2-4-8-16;/h2-5,7-10,13,20H,6,11-12,14-15H2,1H3,(H,21,22);1H. The molecular formula is C19H25ClN2O3S. The second-order valence-corrected chi connectivity index (χ2v) is 8.04. The summed E-state index contributed by atoms with van der Waals surface area (Å²) in [6.45, 7) is 0.783. The molecule has 0 fully saturated rings. The van der Waals surface area contributed by atoms with Gasteiger partial charge in [0.2, 0.25) is 5.91 Å². The maximum atomic E-state index is 12.4. The van der Waals surface area contributed by atoms with Crippen molar-refractivity contribution in [2.45, 2.75) is 24.3 Å². The van der Waals surface area contributed by atoms with Crippen molar-refractivity contribution in [3.63, 3.8) is 0 Å². The Morgan fingerprint density at radius 1 is 0.962 bits per heavy atom. The fourth-order valence-electron chi connectivity index (χ4n) is 2.52. The van der Waals surface area contributed by atoms with Crippen molar-refractivity contribution in [3.8, 4) is 0 Å². The van der Waals surface area contributed by atoms with Crippen molar-refractivity contribution in [2.24, 2.45) is 0 Å². The van der Waals surface area contributed by atoms with Gasteiger partial charge in [0.15, 0.2) is 9.84 Å². The first-order chi connectivity index (χ1) is 12.0. The van der Waals surface area contributed by atoms with Crippen LogP contribution in [0.3, 0.4) is 0 Å². The molecule has 0 unspecified atom stereocenters. The van der Waals surface area contributed by atoms with E-state index in [4.69, 9.17) is 0 Å². The average molecular weight is 397 g/mol. The zero-order valence-corrected chi connectivity index (χ0v) is 16.4. The fourth-order valence-corrected chi connectivity index (χ4v) is 4.01. The maximum Gasteiger partial charge on any atom is 0.224 e. The van der Waals surface area contributed by atoms with E-state index in [1.54, 1.807) is 36.4 Å². The van der Waals surface area contributed by atoms with Gasteiger partial charge in [-0.3, -0.25) is 4.79 Å². The molecule has 2 rings (SSSR count). The molecule has 0 spiro atoms. The first-order valence-corrected chi connectivity index (χ1v) is 10.1. The van der Waals surface area contributed by atoms with Crippen LogP contribution < -0.4 is 10.6 Å². The smallest absolute Gasteiger partial charge is 0.224 e. The number of nitrogens with one attached hydrogen (secondary N) is 2. The Morgan fingerprint density at radius 3 is 2.31 bits per heavy atom. The fraction of sp³-hybridized carbons (Fsp3) is 0.316. The molecule has 0 radical (unpaired) electrons. The van der Waals surface area contributed by atoms with Gasteiger partial charge in [0, 0.05) is 12.1 Å². The Balaban J connectivity index is 0.00000338. The number of anilines is 1. The number of carbonyl (C=O) groups is 1. The normalized spacial score (nSPS) is 10.8. The van der Waals surface area contributed by atoms with Crippen LogP contribution >= 0.6 is 12.4 Å². The molecule has 0 heterocycles. The van der Waals surface area contributed by atoms with Gasteiger partial charge in [0.1, 0.15) is 0 Å². The number of sulfone groups is 1. The lowest BCUT2D eigenvalue weighted by atomic mass is 10.2. The lowest BCUT2D eigenvalue weighted by Gasteiger charge is -2.09. The zero-order chi connectivity index (χ0) is 18.1. The molecule has 1 amide bonds. The highest BCUT2D eigenvalue weighted by Crippen LogP contribution is 2.16. The number of hydrogen-bond acceptors (Lipinski definition) is 4. The Labute approximate surface area is 161 Å². The molecule has 5 nitrogen and oxygen atoms in total. The minimum Gasteiger partial charge on any atom is -0.326 e. The van der Waals surface area contributed by atoms with Crippen molar-refractivity contribution in [1.29, 1.82) is 0 Å². The molecule has 0 bridgehead atoms. The molecule has 0 aromatic heterocycles. The monoisotopic (exact) mass is 396 g/mol. The third-order valence-corrected chi connectivity index (χ3v) is 5.20. The Bertz CT molecular complexity index is 795. The summed E-state index contributed by atoms with van der Waals surface area (Å²) in [4.78, 5) is 11.9. The molecule has 0 atom stereocenters. The van der Waals surface area contributed by atoms with E-state index >= 15 is 0 Å². The third kappa shape index (κ3) is 7.99. The highest BCUT2D eigenvalue weighted by molar-refractivity contribution is 7.89. The van der Waals surface area contributed by atoms with Crippen LogP contribution in [0, 0.1) is 0 Å². The van der Waals surface area contributed by atoms with Gasteiger partial charge in [0.25, 0.3) is 0 Å².